The number of amides is 1. The molecule has 7 heteroatoms. The Labute approximate surface area is 169 Å². The van der Waals surface area contributed by atoms with Crippen LogP contribution in [0.15, 0.2) is 36.5 Å². The van der Waals surface area contributed by atoms with Gasteiger partial charge in [0.05, 0.1) is 16.7 Å². The monoisotopic (exact) mass is 407 g/mol. The molecule has 1 saturated heterocycles. The molecule has 0 atom stereocenters. The smallest absolute Gasteiger partial charge is 0.254 e. The number of nitrogens with zero attached hydrogens (tertiary/aromatic N) is 3. The van der Waals surface area contributed by atoms with Crippen LogP contribution in [0.1, 0.15) is 23.0 Å². The molecule has 2 aromatic rings. The van der Waals surface area contributed by atoms with Crippen molar-refractivity contribution < 1.29 is 9.53 Å². The van der Waals surface area contributed by atoms with Crippen LogP contribution in [0.5, 0.6) is 5.75 Å². The summed E-state index contributed by atoms with van der Waals surface area (Å²) in [5.41, 5.74) is 1.59. The average Bonchev–Trinajstić information content (AvgIpc) is 2.69. The van der Waals surface area contributed by atoms with E-state index in [1.807, 2.05) is 36.2 Å². The molecule has 1 aromatic carbocycles. The van der Waals surface area contributed by atoms with Crippen LogP contribution in [0.4, 0.5) is 0 Å². The van der Waals surface area contributed by atoms with Gasteiger partial charge >= 0.3 is 0 Å². The Kier molecular flexibility index (Phi) is 6.94. The minimum atomic E-state index is -0.0498. The number of benzene rings is 1. The third kappa shape index (κ3) is 5.12. The van der Waals surface area contributed by atoms with E-state index in [9.17, 15) is 4.79 Å². The minimum Gasteiger partial charge on any atom is -0.491 e. The first-order chi connectivity index (χ1) is 13.1. The Bertz CT molecular complexity index is 755. The maximum Gasteiger partial charge on any atom is 0.254 e. The number of piperazine rings is 1. The zero-order chi connectivity index (χ0) is 19.2. The molecule has 0 saturated carbocycles. The fourth-order valence-corrected chi connectivity index (χ4v) is 3.74. The van der Waals surface area contributed by atoms with Gasteiger partial charge in [-0.2, -0.15) is 0 Å². The first-order valence-corrected chi connectivity index (χ1v) is 9.87. The van der Waals surface area contributed by atoms with Crippen molar-refractivity contribution in [3.63, 3.8) is 0 Å². The minimum absolute atomic E-state index is 0.0498. The van der Waals surface area contributed by atoms with Crippen LogP contribution in [0, 0.1) is 0 Å². The number of pyridine rings is 1. The largest absolute Gasteiger partial charge is 0.491 e. The predicted octanol–water partition coefficient (Wildman–Crippen LogP) is 3.79. The molecule has 1 aliphatic heterocycles. The number of halogens is 2. The van der Waals surface area contributed by atoms with Crippen molar-refractivity contribution >= 4 is 29.1 Å². The zero-order valence-electron chi connectivity index (χ0n) is 15.3. The first kappa shape index (κ1) is 19.9. The van der Waals surface area contributed by atoms with E-state index in [0.717, 1.165) is 31.7 Å². The predicted molar refractivity (Wildman–Crippen MR) is 108 cm³/mol. The van der Waals surface area contributed by atoms with Crippen molar-refractivity contribution in [1.29, 1.82) is 0 Å². The van der Waals surface area contributed by atoms with Crippen molar-refractivity contribution in [3.8, 4) is 5.75 Å². The van der Waals surface area contributed by atoms with Gasteiger partial charge < -0.3 is 9.64 Å². The van der Waals surface area contributed by atoms with E-state index in [0.29, 0.717) is 41.1 Å². The van der Waals surface area contributed by atoms with Crippen molar-refractivity contribution in [3.05, 3.63) is 57.8 Å². The molecular formula is C20H23Cl2N3O2. The van der Waals surface area contributed by atoms with Crippen LogP contribution in [0.2, 0.25) is 10.0 Å². The lowest BCUT2D eigenvalue weighted by Crippen LogP contribution is -2.49. The number of rotatable bonds is 6. The number of carbonyl (C=O) groups is 1. The quantitative estimate of drug-likeness (QED) is 0.730. The molecule has 1 fully saturated rings. The van der Waals surface area contributed by atoms with E-state index >= 15 is 0 Å². The van der Waals surface area contributed by atoms with Crippen molar-refractivity contribution in [2.75, 3.05) is 39.3 Å². The molecule has 2 heterocycles. The zero-order valence-corrected chi connectivity index (χ0v) is 16.8. The number of ether oxygens (including phenoxy) is 1. The van der Waals surface area contributed by atoms with E-state index in [4.69, 9.17) is 27.9 Å². The molecule has 0 bridgehead atoms. The third-order valence-electron chi connectivity index (χ3n) is 4.60. The van der Waals surface area contributed by atoms with Crippen LogP contribution in [0.3, 0.4) is 0 Å². The van der Waals surface area contributed by atoms with Crippen molar-refractivity contribution in [2.45, 2.75) is 13.3 Å². The molecule has 1 amide bonds. The lowest BCUT2D eigenvalue weighted by atomic mass is 10.1. The summed E-state index contributed by atoms with van der Waals surface area (Å²) in [6, 6.07) is 9.24. The molecule has 0 spiro atoms. The van der Waals surface area contributed by atoms with Crippen LogP contribution < -0.4 is 4.74 Å². The van der Waals surface area contributed by atoms with E-state index in [1.165, 1.54) is 0 Å². The Morgan fingerprint density at radius 3 is 2.44 bits per heavy atom. The normalized spacial score (nSPS) is 15.0. The summed E-state index contributed by atoms with van der Waals surface area (Å²) in [7, 11) is 0. The number of aromatic nitrogens is 1. The molecule has 144 valence electrons. The first-order valence-electron chi connectivity index (χ1n) is 9.12. The molecule has 1 aliphatic rings. The Balaban J connectivity index is 1.55. The molecule has 3 rings (SSSR count). The molecule has 27 heavy (non-hydrogen) atoms. The maximum atomic E-state index is 12.8. The second-order valence-electron chi connectivity index (χ2n) is 6.41. The second kappa shape index (κ2) is 9.40. The van der Waals surface area contributed by atoms with Crippen molar-refractivity contribution in [2.24, 2.45) is 0 Å². The van der Waals surface area contributed by atoms with Crippen LogP contribution in [0.25, 0.3) is 0 Å². The summed E-state index contributed by atoms with van der Waals surface area (Å²) >= 11 is 12.4. The van der Waals surface area contributed by atoms with Gasteiger partial charge in [0.25, 0.3) is 5.91 Å². The van der Waals surface area contributed by atoms with Gasteiger partial charge in [0, 0.05) is 56.6 Å². The lowest BCUT2D eigenvalue weighted by Gasteiger charge is -2.34. The summed E-state index contributed by atoms with van der Waals surface area (Å²) in [5, 5.41) is 0.725. The number of hydrogen-bond acceptors (Lipinski definition) is 4. The highest BCUT2D eigenvalue weighted by atomic mass is 35.5. The van der Waals surface area contributed by atoms with E-state index < -0.39 is 0 Å². The molecule has 0 unspecified atom stereocenters. The third-order valence-corrected chi connectivity index (χ3v) is 5.17. The Morgan fingerprint density at radius 2 is 1.85 bits per heavy atom. The van der Waals surface area contributed by atoms with Gasteiger partial charge in [0.15, 0.2) is 5.75 Å². The molecule has 0 aliphatic carbocycles. The molecule has 1 aromatic heterocycles. The topological polar surface area (TPSA) is 45.7 Å². The van der Waals surface area contributed by atoms with Gasteiger partial charge in [0.1, 0.15) is 0 Å². The highest BCUT2D eigenvalue weighted by molar-refractivity contribution is 6.37. The van der Waals surface area contributed by atoms with Crippen LogP contribution >= 0.6 is 23.2 Å². The maximum absolute atomic E-state index is 12.8. The SMILES string of the molecule is CCOc1c(Cl)cc(C(=O)N2CCN(CCc3ccccn3)CC2)cc1Cl. The van der Waals surface area contributed by atoms with E-state index in [1.54, 1.807) is 12.1 Å². The highest BCUT2D eigenvalue weighted by Crippen LogP contribution is 2.34. The molecule has 0 radical (unpaired) electrons. The summed E-state index contributed by atoms with van der Waals surface area (Å²) in [6.07, 6.45) is 2.73. The lowest BCUT2D eigenvalue weighted by molar-refractivity contribution is 0.0638. The fraction of sp³-hybridized carbons (Fsp3) is 0.400. The summed E-state index contributed by atoms with van der Waals surface area (Å²) in [4.78, 5) is 21.4. The molecule has 0 N–H and O–H groups in total. The van der Waals surface area contributed by atoms with Gasteiger partial charge in [-0.15, -0.1) is 0 Å². The molecule has 5 nitrogen and oxygen atoms in total. The van der Waals surface area contributed by atoms with Gasteiger partial charge in [-0.25, -0.2) is 0 Å². The second-order valence-corrected chi connectivity index (χ2v) is 7.22. The van der Waals surface area contributed by atoms with Crippen LogP contribution in [-0.4, -0.2) is 60.0 Å². The number of hydrogen-bond donors (Lipinski definition) is 0. The fourth-order valence-electron chi connectivity index (χ4n) is 3.14. The van der Waals surface area contributed by atoms with Gasteiger partial charge in [-0.1, -0.05) is 29.3 Å². The molecular weight excluding hydrogens is 385 g/mol. The van der Waals surface area contributed by atoms with Gasteiger partial charge in [-0.3, -0.25) is 14.7 Å². The summed E-state index contributed by atoms with van der Waals surface area (Å²) in [5.74, 6) is 0.378. The van der Waals surface area contributed by atoms with Gasteiger partial charge in [0.2, 0.25) is 0 Å². The van der Waals surface area contributed by atoms with Crippen LogP contribution in [-0.2, 0) is 6.42 Å². The summed E-state index contributed by atoms with van der Waals surface area (Å²) in [6.45, 7) is 6.33. The average molecular weight is 408 g/mol. The van der Waals surface area contributed by atoms with E-state index in [-0.39, 0.29) is 5.91 Å². The van der Waals surface area contributed by atoms with Crippen molar-refractivity contribution in [1.82, 2.24) is 14.8 Å². The highest BCUT2D eigenvalue weighted by Gasteiger charge is 2.23. The Morgan fingerprint density at radius 1 is 1.15 bits per heavy atom. The summed E-state index contributed by atoms with van der Waals surface area (Å²) < 4.78 is 5.42. The van der Waals surface area contributed by atoms with E-state index in [2.05, 4.69) is 9.88 Å². The van der Waals surface area contributed by atoms with Gasteiger partial charge in [-0.05, 0) is 31.2 Å². The standard InChI is InChI=1S/C20H23Cl2N3O2/c1-2-27-19-17(21)13-15(14-18(19)22)20(26)25-11-9-24(10-12-25)8-6-16-5-3-4-7-23-16/h3-5,7,13-14H,2,6,8-12H2,1H3. The number of carbonyl (C=O) groups excluding carboxylic acids is 1. The Hall–Kier alpha value is -1.82.